The minimum Gasteiger partial charge on any atom is -0.508 e. The molecule has 9 nitrogen and oxygen atoms in total. The molecule has 0 spiro atoms. The highest BCUT2D eigenvalue weighted by molar-refractivity contribution is 6.22. The lowest BCUT2D eigenvalue weighted by Crippen LogP contribution is -2.58. The number of aliphatic hydroxyl groups is 3. The molecule has 3 aliphatic carbocycles. The first-order valence-corrected chi connectivity index (χ1v) is 11.7. The number of ketones is 2. The number of hydrogen-bond donors (Lipinski definition) is 5. The number of fused-ring (bicyclic) bond motifs is 3. The lowest BCUT2D eigenvalue weighted by atomic mass is 9.59. The van der Waals surface area contributed by atoms with Gasteiger partial charge in [0.05, 0.1) is 5.56 Å². The first-order chi connectivity index (χ1) is 16.1. The van der Waals surface area contributed by atoms with E-state index in [-0.39, 0.29) is 29.7 Å². The molecule has 4 aliphatic rings. The highest BCUT2D eigenvalue weighted by atomic mass is 16.3. The zero-order valence-corrected chi connectivity index (χ0v) is 18.7. The Morgan fingerprint density at radius 1 is 1.09 bits per heavy atom. The quantitative estimate of drug-likeness (QED) is 0.416. The number of nitrogens with two attached hydrogens (primary N) is 1. The van der Waals surface area contributed by atoms with E-state index in [1.54, 1.807) is 0 Å². The molecule has 2 fully saturated rings. The fraction of sp³-hybridized carbons (Fsp3) is 0.480. The number of carbonyl (C=O) groups is 3. The number of phenolic OH excluding ortho intramolecular Hbond substituents is 1. The normalized spacial score (nSPS) is 29.6. The summed E-state index contributed by atoms with van der Waals surface area (Å²) in [7, 11) is 0. The standard InChI is InChI=1S/C25H28N2O7/c26-24(33)20-17(29)10-14-8-13-9-15-12(11-27-6-2-1-3-7-27)4-5-16(28)19(15)21(30)18(13)22(31)25(14,34)23(20)32/h4-5,13-14,28,30,32,34H,1-3,6-11H2,(H2,26,33)/t13?,14-,25-/m0/s1. The maximum atomic E-state index is 13.5. The van der Waals surface area contributed by atoms with Gasteiger partial charge in [0, 0.05) is 24.5 Å². The van der Waals surface area contributed by atoms with Crippen molar-refractivity contribution >= 4 is 23.2 Å². The molecule has 1 aliphatic heterocycles. The second-order valence-electron chi connectivity index (χ2n) is 9.84. The molecular weight excluding hydrogens is 440 g/mol. The monoisotopic (exact) mass is 468 g/mol. The molecule has 0 aromatic heterocycles. The Morgan fingerprint density at radius 3 is 2.47 bits per heavy atom. The van der Waals surface area contributed by atoms with E-state index in [0.29, 0.717) is 13.0 Å². The van der Waals surface area contributed by atoms with E-state index in [9.17, 15) is 34.8 Å². The summed E-state index contributed by atoms with van der Waals surface area (Å²) < 4.78 is 0. The average Bonchev–Trinajstić information content (AvgIpc) is 2.78. The third kappa shape index (κ3) is 3.18. The number of phenols is 1. The van der Waals surface area contributed by atoms with Crippen LogP contribution in [0, 0.1) is 11.8 Å². The van der Waals surface area contributed by atoms with E-state index in [0.717, 1.165) is 37.1 Å². The van der Waals surface area contributed by atoms with E-state index in [1.807, 2.05) is 6.07 Å². The Morgan fingerprint density at radius 2 is 1.79 bits per heavy atom. The molecule has 1 saturated heterocycles. The lowest BCUT2D eigenvalue weighted by Gasteiger charge is -2.46. The van der Waals surface area contributed by atoms with Gasteiger partial charge in [-0.2, -0.15) is 0 Å². The number of aliphatic hydroxyl groups excluding tert-OH is 2. The van der Waals surface area contributed by atoms with E-state index < -0.39 is 52.0 Å². The Bertz CT molecular complexity index is 1180. The topological polar surface area (TPSA) is 161 Å². The van der Waals surface area contributed by atoms with Crippen molar-refractivity contribution in [2.45, 2.75) is 50.7 Å². The molecule has 0 bridgehead atoms. The zero-order chi connectivity index (χ0) is 24.4. The lowest BCUT2D eigenvalue weighted by molar-refractivity contribution is -0.147. The van der Waals surface area contributed by atoms with E-state index in [1.165, 1.54) is 12.5 Å². The minimum atomic E-state index is -2.53. The smallest absolute Gasteiger partial charge is 0.255 e. The van der Waals surface area contributed by atoms with Crippen molar-refractivity contribution in [3.63, 3.8) is 0 Å². The number of aromatic hydroxyl groups is 1. The van der Waals surface area contributed by atoms with Crippen molar-refractivity contribution < 1.29 is 34.8 Å². The van der Waals surface area contributed by atoms with Crippen molar-refractivity contribution in [3.8, 4) is 5.75 Å². The third-order valence-corrected chi connectivity index (χ3v) is 7.89. The predicted molar refractivity (Wildman–Crippen MR) is 121 cm³/mol. The van der Waals surface area contributed by atoms with Gasteiger partial charge in [-0.25, -0.2) is 0 Å². The van der Waals surface area contributed by atoms with Crippen LogP contribution in [0.2, 0.25) is 0 Å². The van der Waals surface area contributed by atoms with Crippen LogP contribution in [0.15, 0.2) is 29.0 Å². The second kappa shape index (κ2) is 7.95. The Hall–Kier alpha value is -3.17. The van der Waals surface area contributed by atoms with Crippen LogP contribution in [-0.4, -0.2) is 61.5 Å². The van der Waals surface area contributed by atoms with Crippen LogP contribution in [-0.2, 0) is 27.3 Å². The molecule has 5 rings (SSSR count). The number of carbonyl (C=O) groups excluding carboxylic acids is 3. The van der Waals surface area contributed by atoms with Crippen LogP contribution in [0.4, 0.5) is 0 Å². The number of benzene rings is 1. The SMILES string of the molecule is NC(=O)C1=C(O)[C@@]2(O)C(=O)C3=C(O)c4c(O)ccc(CN5CCCCC5)c4CC3C[C@H]2CC1=O. The van der Waals surface area contributed by atoms with Gasteiger partial charge in [-0.1, -0.05) is 12.5 Å². The first-order valence-electron chi connectivity index (χ1n) is 11.7. The fourth-order valence-electron chi connectivity index (χ4n) is 6.19. The summed E-state index contributed by atoms with van der Waals surface area (Å²) in [5, 5.41) is 43.7. The summed E-state index contributed by atoms with van der Waals surface area (Å²) in [6.07, 6.45) is 3.59. The molecule has 1 saturated carbocycles. The molecule has 1 unspecified atom stereocenters. The minimum absolute atomic E-state index is 0.110. The second-order valence-corrected chi connectivity index (χ2v) is 9.84. The molecule has 0 radical (unpaired) electrons. The number of rotatable bonds is 3. The van der Waals surface area contributed by atoms with Gasteiger partial charge in [0.25, 0.3) is 5.91 Å². The highest BCUT2D eigenvalue weighted by Gasteiger charge is 2.60. The first kappa shape index (κ1) is 22.6. The maximum absolute atomic E-state index is 13.5. The molecule has 9 heteroatoms. The third-order valence-electron chi connectivity index (χ3n) is 7.89. The van der Waals surface area contributed by atoms with Gasteiger partial charge in [-0.15, -0.1) is 0 Å². The van der Waals surface area contributed by atoms with Gasteiger partial charge in [0.2, 0.25) is 5.78 Å². The highest BCUT2D eigenvalue weighted by Crippen LogP contribution is 2.52. The van der Waals surface area contributed by atoms with E-state index in [4.69, 9.17) is 5.73 Å². The number of piperidine rings is 1. The van der Waals surface area contributed by atoms with Crippen LogP contribution in [0.5, 0.6) is 5.75 Å². The van der Waals surface area contributed by atoms with Crippen LogP contribution in [0.3, 0.4) is 0 Å². The van der Waals surface area contributed by atoms with E-state index in [2.05, 4.69) is 4.90 Å². The number of primary amides is 1. The summed E-state index contributed by atoms with van der Waals surface area (Å²) in [4.78, 5) is 40.0. The van der Waals surface area contributed by atoms with Gasteiger partial charge < -0.3 is 26.2 Å². The summed E-state index contributed by atoms with van der Waals surface area (Å²) in [6.45, 7) is 2.59. The number of Topliss-reactive ketones (excluding diaryl/α,β-unsaturated/α-hetero) is 2. The van der Waals surface area contributed by atoms with Crippen molar-refractivity contribution in [1.29, 1.82) is 0 Å². The van der Waals surface area contributed by atoms with Gasteiger partial charge in [0.15, 0.2) is 11.4 Å². The van der Waals surface area contributed by atoms with Gasteiger partial charge in [-0.05, 0) is 61.9 Å². The molecule has 1 aromatic rings. The average molecular weight is 469 g/mol. The number of hydrogen-bond acceptors (Lipinski definition) is 8. The van der Waals surface area contributed by atoms with Gasteiger partial charge in [-0.3, -0.25) is 19.3 Å². The zero-order valence-electron chi connectivity index (χ0n) is 18.7. The largest absolute Gasteiger partial charge is 0.508 e. The summed E-state index contributed by atoms with van der Waals surface area (Å²) in [5.41, 5.74) is 3.64. The summed E-state index contributed by atoms with van der Waals surface area (Å²) in [6, 6.07) is 3.32. The molecule has 180 valence electrons. The molecule has 6 N–H and O–H groups in total. The van der Waals surface area contributed by atoms with Gasteiger partial charge in [0.1, 0.15) is 22.8 Å². The molecule has 3 atom stereocenters. The van der Waals surface area contributed by atoms with Crippen LogP contribution >= 0.6 is 0 Å². The molecule has 34 heavy (non-hydrogen) atoms. The van der Waals surface area contributed by atoms with E-state index >= 15 is 0 Å². The fourth-order valence-corrected chi connectivity index (χ4v) is 6.19. The van der Waals surface area contributed by atoms with Crippen LogP contribution < -0.4 is 5.73 Å². The number of likely N-dealkylation sites (tertiary alicyclic amines) is 1. The maximum Gasteiger partial charge on any atom is 0.255 e. The van der Waals surface area contributed by atoms with Gasteiger partial charge >= 0.3 is 0 Å². The molecule has 1 heterocycles. The Kier molecular flexibility index (Phi) is 5.29. The van der Waals surface area contributed by atoms with Crippen molar-refractivity contribution in [1.82, 2.24) is 4.90 Å². The van der Waals surface area contributed by atoms with Crippen molar-refractivity contribution in [2.75, 3.05) is 13.1 Å². The van der Waals surface area contributed by atoms with Crippen LogP contribution in [0.25, 0.3) is 5.76 Å². The summed E-state index contributed by atoms with van der Waals surface area (Å²) >= 11 is 0. The molecule has 1 aromatic carbocycles. The van der Waals surface area contributed by atoms with Crippen molar-refractivity contribution in [2.24, 2.45) is 17.6 Å². The van der Waals surface area contributed by atoms with Crippen molar-refractivity contribution in [3.05, 3.63) is 45.7 Å². The van der Waals surface area contributed by atoms with Crippen LogP contribution in [0.1, 0.15) is 48.8 Å². The Labute approximate surface area is 196 Å². The molecular formula is C25H28N2O7. The predicted octanol–water partition coefficient (Wildman–Crippen LogP) is 1.41. The summed E-state index contributed by atoms with van der Waals surface area (Å²) in [5.74, 6) is -6.06. The Balaban J connectivity index is 1.61. The molecule has 1 amide bonds. The number of nitrogens with zero attached hydrogens (tertiary/aromatic N) is 1. The number of amides is 1.